The number of hydrogen-bond acceptors (Lipinski definition) is 0. The van der Waals surface area contributed by atoms with Crippen molar-refractivity contribution in [2.45, 2.75) is 35.8 Å². The molecule has 0 aliphatic carbocycles. The van der Waals surface area contributed by atoms with Crippen LogP contribution in [0.25, 0.3) is 0 Å². The highest BCUT2D eigenvalue weighted by atomic mass is 35.5. The van der Waals surface area contributed by atoms with Gasteiger partial charge in [-0.25, -0.2) is 0 Å². The molecule has 0 radical (unpaired) electrons. The summed E-state index contributed by atoms with van der Waals surface area (Å²) in [6.45, 7) is 1.85. The van der Waals surface area contributed by atoms with E-state index in [0.29, 0.717) is 0 Å². The Hall–Kier alpha value is -0.880. The molecule has 0 bridgehead atoms. The SMILES string of the molecule is C=C(Cl)C(F)(F)C(F)(F)C(F)(F)C(F)(F)C(F)(F)C(F)(F)F. The normalized spacial score (nSPS) is 15.9. The van der Waals surface area contributed by atoms with Gasteiger partial charge in [0.05, 0.1) is 5.03 Å². The quantitative estimate of drug-likeness (QED) is 0.554. The van der Waals surface area contributed by atoms with Crippen molar-refractivity contribution in [2.75, 3.05) is 0 Å². The second kappa shape index (κ2) is 5.06. The first-order valence-corrected chi connectivity index (χ1v) is 4.88. The third-order valence-corrected chi connectivity index (χ3v) is 2.51. The molecule has 0 nitrogen and oxygen atoms in total. The first kappa shape index (κ1) is 21.1. The molecule has 0 heterocycles. The third kappa shape index (κ3) is 2.50. The van der Waals surface area contributed by atoms with Crippen molar-refractivity contribution in [1.29, 1.82) is 0 Å². The molecule has 0 aromatic carbocycles. The van der Waals surface area contributed by atoms with Gasteiger partial charge < -0.3 is 0 Å². The fourth-order valence-electron chi connectivity index (χ4n) is 0.940. The molecular formula is C8H2ClF13. The van der Waals surface area contributed by atoms with Gasteiger partial charge in [0, 0.05) is 0 Å². The minimum atomic E-state index is -7.92. The molecule has 0 aromatic rings. The predicted octanol–water partition coefficient (Wildman–Crippen LogP) is 5.48. The number of allylic oxidation sites excluding steroid dienone is 1. The molecule has 132 valence electrons. The molecule has 0 unspecified atom stereocenters. The fourth-order valence-corrected chi connectivity index (χ4v) is 1.06. The van der Waals surface area contributed by atoms with Crippen LogP contribution in [0.3, 0.4) is 0 Å². The summed E-state index contributed by atoms with van der Waals surface area (Å²) < 4.78 is 162. The van der Waals surface area contributed by atoms with E-state index in [1.54, 1.807) is 0 Å². The smallest absolute Gasteiger partial charge is 0.193 e. The molecule has 0 aliphatic rings. The Morgan fingerprint density at radius 3 is 1.05 bits per heavy atom. The van der Waals surface area contributed by atoms with Crippen LogP contribution in [0.1, 0.15) is 0 Å². The molecule has 0 fully saturated rings. The van der Waals surface area contributed by atoms with E-state index in [4.69, 9.17) is 0 Å². The molecule has 0 aromatic heterocycles. The van der Waals surface area contributed by atoms with Crippen LogP contribution >= 0.6 is 11.6 Å². The van der Waals surface area contributed by atoms with E-state index in [9.17, 15) is 57.1 Å². The highest BCUT2D eigenvalue weighted by molar-refractivity contribution is 6.30. The van der Waals surface area contributed by atoms with Crippen LogP contribution in [0.4, 0.5) is 57.1 Å². The summed E-state index contributed by atoms with van der Waals surface area (Å²) in [7, 11) is 0. The minimum absolute atomic E-state index is 1.85. The van der Waals surface area contributed by atoms with Crippen LogP contribution in [0.15, 0.2) is 11.6 Å². The Morgan fingerprint density at radius 1 is 0.545 bits per heavy atom. The third-order valence-electron chi connectivity index (χ3n) is 2.27. The lowest BCUT2D eigenvalue weighted by molar-refractivity contribution is -0.436. The monoisotopic (exact) mass is 380 g/mol. The van der Waals surface area contributed by atoms with Crippen LogP contribution in [0, 0.1) is 0 Å². The van der Waals surface area contributed by atoms with Crippen molar-refractivity contribution in [3.63, 3.8) is 0 Å². The van der Waals surface area contributed by atoms with Crippen LogP contribution in [-0.2, 0) is 0 Å². The highest BCUT2D eigenvalue weighted by Gasteiger charge is 2.91. The van der Waals surface area contributed by atoms with Crippen molar-refractivity contribution >= 4 is 11.6 Å². The highest BCUT2D eigenvalue weighted by Crippen LogP contribution is 2.61. The maximum absolute atomic E-state index is 12.8. The van der Waals surface area contributed by atoms with Gasteiger partial charge in [0.2, 0.25) is 0 Å². The summed E-state index contributed by atoms with van der Waals surface area (Å²) in [5.41, 5.74) is 0. The molecule has 0 atom stereocenters. The molecular weight excluding hydrogens is 379 g/mol. The average Bonchev–Trinajstić information content (AvgIpc) is 2.25. The zero-order valence-electron chi connectivity index (χ0n) is 9.50. The van der Waals surface area contributed by atoms with Gasteiger partial charge in [-0.3, -0.25) is 0 Å². The molecule has 0 saturated carbocycles. The van der Waals surface area contributed by atoms with Gasteiger partial charge in [-0.1, -0.05) is 18.2 Å². The van der Waals surface area contributed by atoms with Crippen LogP contribution in [-0.4, -0.2) is 35.8 Å². The van der Waals surface area contributed by atoms with Gasteiger partial charge in [0.25, 0.3) is 0 Å². The first-order valence-electron chi connectivity index (χ1n) is 4.50. The molecule has 0 N–H and O–H groups in total. The summed E-state index contributed by atoms with van der Waals surface area (Å²) >= 11 is 4.20. The second-order valence-corrected chi connectivity index (χ2v) is 4.23. The van der Waals surface area contributed by atoms with Crippen molar-refractivity contribution < 1.29 is 57.1 Å². The zero-order valence-corrected chi connectivity index (χ0v) is 10.3. The Labute approximate surface area is 117 Å². The van der Waals surface area contributed by atoms with Crippen molar-refractivity contribution in [3.05, 3.63) is 11.6 Å². The molecule has 0 spiro atoms. The number of rotatable bonds is 5. The summed E-state index contributed by atoms with van der Waals surface area (Å²) in [6.07, 6.45) is -7.43. The molecule has 22 heavy (non-hydrogen) atoms. The van der Waals surface area contributed by atoms with Crippen LogP contribution < -0.4 is 0 Å². The molecule has 0 rings (SSSR count). The van der Waals surface area contributed by atoms with Crippen molar-refractivity contribution in [1.82, 2.24) is 0 Å². The Kier molecular flexibility index (Phi) is 4.86. The summed E-state index contributed by atoms with van der Waals surface area (Å²) in [6, 6.07) is 0. The van der Waals surface area contributed by atoms with Crippen LogP contribution in [0.5, 0.6) is 0 Å². The van der Waals surface area contributed by atoms with Crippen molar-refractivity contribution in [3.8, 4) is 0 Å². The summed E-state index contributed by atoms with van der Waals surface area (Å²) in [4.78, 5) is 0. The number of halogens is 14. The molecule has 0 amide bonds. The van der Waals surface area contributed by atoms with Crippen molar-refractivity contribution in [2.24, 2.45) is 0 Å². The predicted molar refractivity (Wildman–Crippen MR) is 45.8 cm³/mol. The molecule has 0 saturated heterocycles. The summed E-state index contributed by atoms with van der Waals surface area (Å²) in [5.74, 6) is -37.3. The largest absolute Gasteiger partial charge is 0.460 e. The van der Waals surface area contributed by atoms with Gasteiger partial charge in [0.1, 0.15) is 0 Å². The van der Waals surface area contributed by atoms with Gasteiger partial charge >= 0.3 is 35.8 Å². The maximum atomic E-state index is 12.8. The minimum Gasteiger partial charge on any atom is -0.193 e. The molecule has 0 aliphatic heterocycles. The summed E-state index contributed by atoms with van der Waals surface area (Å²) in [5, 5.41) is -2.68. The maximum Gasteiger partial charge on any atom is 0.460 e. The number of hydrogen-bond donors (Lipinski definition) is 0. The lowest BCUT2D eigenvalue weighted by Gasteiger charge is -2.39. The van der Waals surface area contributed by atoms with E-state index in [0.717, 1.165) is 0 Å². The van der Waals surface area contributed by atoms with Gasteiger partial charge in [-0.15, -0.1) is 0 Å². The standard InChI is InChI=1S/C8H2ClF13/c1-2(9)3(10,11)4(12,13)5(14,15)6(16,17)7(18,19)8(20,21)22/h1H2. The second-order valence-electron chi connectivity index (χ2n) is 3.77. The topological polar surface area (TPSA) is 0 Å². The van der Waals surface area contributed by atoms with E-state index in [1.165, 1.54) is 0 Å². The lowest BCUT2D eigenvalue weighted by atomic mass is 9.94. The van der Waals surface area contributed by atoms with E-state index >= 15 is 0 Å². The van der Waals surface area contributed by atoms with E-state index in [2.05, 4.69) is 11.6 Å². The van der Waals surface area contributed by atoms with E-state index in [1.807, 2.05) is 6.58 Å². The average molecular weight is 381 g/mol. The van der Waals surface area contributed by atoms with E-state index < -0.39 is 40.8 Å². The Balaban J connectivity index is 6.29. The molecule has 14 heteroatoms. The zero-order chi connectivity index (χ0) is 18.6. The fraction of sp³-hybridized carbons (Fsp3) is 0.750. The van der Waals surface area contributed by atoms with E-state index in [-0.39, 0.29) is 0 Å². The Bertz CT molecular complexity index is 445. The van der Waals surface area contributed by atoms with Gasteiger partial charge in [0.15, 0.2) is 0 Å². The van der Waals surface area contributed by atoms with Gasteiger partial charge in [-0.05, 0) is 0 Å². The number of alkyl halides is 13. The van der Waals surface area contributed by atoms with Crippen LogP contribution in [0.2, 0.25) is 0 Å². The lowest BCUT2D eigenvalue weighted by Crippen LogP contribution is -2.70. The first-order chi connectivity index (χ1) is 9.19. The van der Waals surface area contributed by atoms with Gasteiger partial charge in [-0.2, -0.15) is 57.1 Å². The Morgan fingerprint density at radius 2 is 0.818 bits per heavy atom.